The van der Waals surface area contributed by atoms with E-state index in [1.807, 2.05) is 0 Å². The van der Waals surface area contributed by atoms with Crippen LogP contribution in [0.3, 0.4) is 0 Å². The van der Waals surface area contributed by atoms with Gasteiger partial charge in [-0.3, -0.25) is 4.68 Å². The lowest BCUT2D eigenvalue weighted by Crippen LogP contribution is -2.13. The van der Waals surface area contributed by atoms with Gasteiger partial charge in [0.2, 0.25) is 0 Å². The fourth-order valence-corrected chi connectivity index (χ4v) is 1.15. The molecule has 1 fully saturated rings. The van der Waals surface area contributed by atoms with E-state index < -0.39 is 6.17 Å². The van der Waals surface area contributed by atoms with Crippen LogP contribution in [0.4, 0.5) is 4.39 Å². The quantitative estimate of drug-likeness (QED) is 0.642. The van der Waals surface area contributed by atoms with E-state index in [0.29, 0.717) is 12.5 Å². The first-order valence-electron chi connectivity index (χ1n) is 3.89. The fourth-order valence-electron chi connectivity index (χ4n) is 1.15. The molecule has 0 bridgehead atoms. The van der Waals surface area contributed by atoms with Crippen LogP contribution in [-0.4, -0.2) is 16.0 Å². The molecule has 1 unspecified atom stereocenters. The molecule has 2 rings (SSSR count). The van der Waals surface area contributed by atoms with Crippen molar-refractivity contribution in [2.75, 3.05) is 0 Å². The molecule has 3 heteroatoms. The van der Waals surface area contributed by atoms with Gasteiger partial charge in [0.1, 0.15) is 6.17 Å². The molecule has 2 nitrogen and oxygen atoms in total. The lowest BCUT2D eigenvalue weighted by molar-refractivity contribution is 0.254. The Balaban J connectivity index is 1.89. The average Bonchev–Trinajstić information content (AvgIpc) is 2.73. The summed E-state index contributed by atoms with van der Waals surface area (Å²) >= 11 is 0. The van der Waals surface area contributed by atoms with Gasteiger partial charge in [0.15, 0.2) is 0 Å². The Hall–Kier alpha value is -0.860. The third-order valence-corrected chi connectivity index (χ3v) is 2.00. The van der Waals surface area contributed by atoms with Crippen molar-refractivity contribution in [3.8, 4) is 0 Å². The summed E-state index contributed by atoms with van der Waals surface area (Å²) in [5.74, 6) is 0.305. The zero-order valence-corrected chi connectivity index (χ0v) is 6.20. The van der Waals surface area contributed by atoms with Crippen LogP contribution in [0.25, 0.3) is 0 Å². The maximum atomic E-state index is 13.1. The predicted molar refractivity (Wildman–Crippen MR) is 38.7 cm³/mol. The number of aromatic nitrogens is 2. The van der Waals surface area contributed by atoms with Gasteiger partial charge in [-0.1, -0.05) is 0 Å². The van der Waals surface area contributed by atoms with E-state index in [0.717, 1.165) is 12.8 Å². The summed E-state index contributed by atoms with van der Waals surface area (Å²) in [6.07, 6.45) is 4.62. The molecule has 1 saturated carbocycles. The Labute approximate surface area is 65.0 Å². The minimum absolute atomic E-state index is 0.305. The zero-order valence-electron chi connectivity index (χ0n) is 6.20. The van der Waals surface area contributed by atoms with Crippen LogP contribution in [0.1, 0.15) is 12.8 Å². The fraction of sp³-hybridized carbons (Fsp3) is 0.625. The highest BCUT2D eigenvalue weighted by Gasteiger charge is 2.31. The van der Waals surface area contributed by atoms with Gasteiger partial charge in [0.25, 0.3) is 0 Å². The summed E-state index contributed by atoms with van der Waals surface area (Å²) in [5, 5.41) is 3.89. The minimum atomic E-state index is -0.705. The first kappa shape index (κ1) is 6.83. The predicted octanol–water partition coefficient (Wildman–Crippen LogP) is 1.43. The molecule has 1 aliphatic rings. The molecule has 1 aliphatic carbocycles. The van der Waals surface area contributed by atoms with Gasteiger partial charge < -0.3 is 0 Å². The van der Waals surface area contributed by atoms with Gasteiger partial charge in [0, 0.05) is 12.3 Å². The Kier molecular flexibility index (Phi) is 1.64. The molecule has 0 spiro atoms. The van der Waals surface area contributed by atoms with Gasteiger partial charge in [-0.05, 0) is 18.8 Å². The zero-order chi connectivity index (χ0) is 7.68. The smallest absolute Gasteiger partial charge is 0.122 e. The number of alkyl halides is 1. The summed E-state index contributed by atoms with van der Waals surface area (Å²) in [6, 6.07) is 2.78. The SMILES string of the molecule is FC(Cn1c[c]cn1)C1CC1. The van der Waals surface area contributed by atoms with Crippen molar-refractivity contribution in [1.82, 2.24) is 9.78 Å². The number of hydrogen-bond acceptors (Lipinski definition) is 1. The van der Waals surface area contributed by atoms with Crippen LogP contribution < -0.4 is 0 Å². The molecule has 0 aliphatic heterocycles. The van der Waals surface area contributed by atoms with Crippen molar-refractivity contribution in [3.05, 3.63) is 18.5 Å². The standard InChI is InChI=1S/C8H10FN2/c9-8(7-2-3-7)6-11-5-1-4-10-11/h4-5,7-8H,2-3,6H2. The molecule has 0 N–H and O–H groups in total. The lowest BCUT2D eigenvalue weighted by atomic mass is 10.2. The molecule has 0 aromatic carbocycles. The van der Waals surface area contributed by atoms with E-state index in [1.165, 1.54) is 0 Å². The number of hydrogen-bond donors (Lipinski definition) is 0. The highest BCUT2D eigenvalue weighted by atomic mass is 19.1. The van der Waals surface area contributed by atoms with Crippen LogP contribution in [0.15, 0.2) is 12.4 Å². The monoisotopic (exact) mass is 153 g/mol. The van der Waals surface area contributed by atoms with Crippen molar-refractivity contribution >= 4 is 0 Å². The molecule has 1 aromatic rings. The first-order valence-corrected chi connectivity index (χ1v) is 3.89. The third kappa shape index (κ3) is 1.59. The van der Waals surface area contributed by atoms with E-state index >= 15 is 0 Å². The van der Waals surface area contributed by atoms with Crippen molar-refractivity contribution in [1.29, 1.82) is 0 Å². The second-order valence-electron chi connectivity index (χ2n) is 3.02. The number of rotatable bonds is 3. The first-order chi connectivity index (χ1) is 5.36. The molecule has 1 atom stereocenters. The summed E-state index contributed by atoms with van der Waals surface area (Å²) < 4.78 is 14.7. The summed E-state index contributed by atoms with van der Waals surface area (Å²) in [6.45, 7) is 0.397. The normalized spacial score (nSPS) is 20.1. The second kappa shape index (κ2) is 2.64. The van der Waals surface area contributed by atoms with Crippen molar-refractivity contribution in [3.63, 3.8) is 0 Å². The molecule has 0 amide bonds. The Morgan fingerprint density at radius 2 is 2.55 bits per heavy atom. The molecule has 1 radical (unpaired) electrons. The van der Waals surface area contributed by atoms with Gasteiger partial charge in [-0.15, -0.1) is 0 Å². The van der Waals surface area contributed by atoms with E-state index in [4.69, 9.17) is 0 Å². The van der Waals surface area contributed by atoms with Crippen LogP contribution in [0, 0.1) is 12.0 Å². The summed E-state index contributed by atoms with van der Waals surface area (Å²) in [4.78, 5) is 0. The van der Waals surface area contributed by atoms with Gasteiger partial charge in [-0.25, -0.2) is 4.39 Å². The molecule has 59 valence electrons. The Bertz CT molecular complexity index is 216. The maximum Gasteiger partial charge on any atom is 0.122 e. The van der Waals surface area contributed by atoms with E-state index in [-0.39, 0.29) is 0 Å². The molecule has 0 saturated heterocycles. The average molecular weight is 153 g/mol. The molecule has 1 aromatic heterocycles. The van der Waals surface area contributed by atoms with E-state index in [9.17, 15) is 4.39 Å². The summed E-state index contributed by atoms with van der Waals surface area (Å²) in [7, 11) is 0. The molecule has 1 heterocycles. The van der Waals surface area contributed by atoms with Crippen LogP contribution >= 0.6 is 0 Å². The van der Waals surface area contributed by atoms with Crippen molar-refractivity contribution in [2.24, 2.45) is 5.92 Å². The Morgan fingerprint density at radius 3 is 3.09 bits per heavy atom. The topological polar surface area (TPSA) is 17.8 Å². The van der Waals surface area contributed by atoms with Crippen LogP contribution in [-0.2, 0) is 6.54 Å². The van der Waals surface area contributed by atoms with Crippen molar-refractivity contribution < 1.29 is 4.39 Å². The van der Waals surface area contributed by atoms with Crippen LogP contribution in [0.5, 0.6) is 0 Å². The lowest BCUT2D eigenvalue weighted by Gasteiger charge is -2.05. The highest BCUT2D eigenvalue weighted by Crippen LogP contribution is 2.34. The number of nitrogens with zero attached hydrogens (tertiary/aromatic N) is 2. The van der Waals surface area contributed by atoms with Crippen molar-refractivity contribution in [2.45, 2.75) is 25.6 Å². The van der Waals surface area contributed by atoms with Gasteiger partial charge in [-0.2, -0.15) is 5.10 Å². The minimum Gasteiger partial charge on any atom is -0.269 e. The molecular formula is C8H10FN2. The van der Waals surface area contributed by atoms with Crippen LogP contribution in [0.2, 0.25) is 0 Å². The largest absolute Gasteiger partial charge is 0.269 e. The number of halogens is 1. The maximum absolute atomic E-state index is 13.1. The third-order valence-electron chi connectivity index (χ3n) is 2.00. The molecule has 11 heavy (non-hydrogen) atoms. The van der Waals surface area contributed by atoms with Gasteiger partial charge >= 0.3 is 0 Å². The molecular weight excluding hydrogens is 143 g/mol. The van der Waals surface area contributed by atoms with E-state index in [1.54, 1.807) is 17.1 Å². The van der Waals surface area contributed by atoms with Gasteiger partial charge in [0.05, 0.1) is 12.7 Å². The highest BCUT2D eigenvalue weighted by molar-refractivity contribution is 4.83. The Morgan fingerprint density at radius 1 is 1.73 bits per heavy atom. The summed E-state index contributed by atoms with van der Waals surface area (Å²) in [5.41, 5.74) is 0. The van der Waals surface area contributed by atoms with E-state index in [2.05, 4.69) is 11.2 Å². The second-order valence-corrected chi connectivity index (χ2v) is 3.02.